The van der Waals surface area contributed by atoms with Crippen LogP contribution < -0.4 is 20.3 Å². The zero-order chi connectivity index (χ0) is 21.2. The van der Waals surface area contributed by atoms with E-state index in [2.05, 4.69) is 43.6 Å². The van der Waals surface area contributed by atoms with Crippen LogP contribution >= 0.6 is 24.0 Å². The molecule has 0 aromatic heterocycles. The molecule has 1 atom stereocenters. The second kappa shape index (κ2) is 14.0. The van der Waals surface area contributed by atoms with Crippen LogP contribution in [0.2, 0.25) is 0 Å². The predicted octanol–water partition coefficient (Wildman–Crippen LogP) is 2.81. The molecule has 31 heavy (non-hydrogen) atoms. The molecule has 8 heteroatoms. The molecular weight excluding hydrogens is 505 g/mol. The van der Waals surface area contributed by atoms with Crippen molar-refractivity contribution in [3.8, 4) is 5.75 Å². The number of nitrogens with zero attached hydrogens (tertiary/aromatic N) is 3. The predicted molar refractivity (Wildman–Crippen MR) is 139 cm³/mol. The van der Waals surface area contributed by atoms with Crippen molar-refractivity contribution in [1.29, 1.82) is 0 Å². The third-order valence-corrected chi connectivity index (χ3v) is 6.28. The SMILES string of the molecule is CN=C(NCC1CCN(CCOC)CC1)NC1CCCN(c2cccc(OC)c2)C1.I. The van der Waals surface area contributed by atoms with E-state index >= 15 is 0 Å². The normalized spacial score (nSPS) is 20.8. The third-order valence-electron chi connectivity index (χ3n) is 6.28. The summed E-state index contributed by atoms with van der Waals surface area (Å²) < 4.78 is 10.6. The number of hydrogen-bond donors (Lipinski definition) is 2. The van der Waals surface area contributed by atoms with Gasteiger partial charge >= 0.3 is 0 Å². The molecule has 2 aliphatic rings. The molecule has 0 bridgehead atoms. The van der Waals surface area contributed by atoms with Crippen molar-refractivity contribution in [3.05, 3.63) is 24.3 Å². The number of halogens is 1. The summed E-state index contributed by atoms with van der Waals surface area (Å²) in [4.78, 5) is 9.42. The Morgan fingerprint density at radius 3 is 2.68 bits per heavy atom. The van der Waals surface area contributed by atoms with Gasteiger partial charge in [-0.1, -0.05) is 6.07 Å². The fourth-order valence-electron chi connectivity index (χ4n) is 4.40. The number of piperidine rings is 2. The van der Waals surface area contributed by atoms with E-state index in [1.54, 1.807) is 14.2 Å². The molecular formula is C23H40IN5O2. The lowest BCUT2D eigenvalue weighted by Gasteiger charge is -2.36. The number of methoxy groups -OCH3 is 2. The highest BCUT2D eigenvalue weighted by atomic mass is 127. The van der Waals surface area contributed by atoms with Gasteiger partial charge in [0.25, 0.3) is 0 Å². The van der Waals surface area contributed by atoms with Gasteiger partial charge in [-0.15, -0.1) is 24.0 Å². The number of anilines is 1. The molecule has 1 aromatic carbocycles. The fraction of sp³-hybridized carbons (Fsp3) is 0.696. The molecule has 2 heterocycles. The van der Waals surface area contributed by atoms with Crippen LogP contribution in [0.1, 0.15) is 25.7 Å². The lowest BCUT2D eigenvalue weighted by atomic mass is 9.97. The highest BCUT2D eigenvalue weighted by Crippen LogP contribution is 2.24. The standard InChI is InChI=1S/C23H39N5O2.HI/c1-24-23(25-17-19-9-12-27(13-10-19)14-15-29-2)26-20-6-5-11-28(18-20)21-7-4-8-22(16-21)30-3;/h4,7-8,16,19-20H,5-6,9-15,17-18H2,1-3H3,(H2,24,25,26);1H. The van der Waals surface area contributed by atoms with Gasteiger partial charge in [0.2, 0.25) is 0 Å². The molecule has 0 saturated carbocycles. The molecule has 2 fully saturated rings. The second-order valence-corrected chi connectivity index (χ2v) is 8.36. The molecule has 176 valence electrons. The number of hydrogen-bond acceptors (Lipinski definition) is 5. The molecule has 2 aliphatic heterocycles. The Labute approximate surface area is 205 Å². The Balaban J connectivity index is 0.00000341. The van der Waals surface area contributed by atoms with Crippen LogP contribution in [0.15, 0.2) is 29.3 Å². The average Bonchev–Trinajstić information content (AvgIpc) is 2.81. The number of rotatable bonds is 8. The lowest BCUT2D eigenvalue weighted by Crippen LogP contribution is -2.52. The van der Waals surface area contributed by atoms with Crippen LogP contribution in [0, 0.1) is 5.92 Å². The van der Waals surface area contributed by atoms with Crippen molar-refractivity contribution in [3.63, 3.8) is 0 Å². The third kappa shape index (κ3) is 8.31. The van der Waals surface area contributed by atoms with Crippen LogP contribution in [0.25, 0.3) is 0 Å². The highest BCUT2D eigenvalue weighted by molar-refractivity contribution is 14.0. The quantitative estimate of drug-likeness (QED) is 0.298. The number of aliphatic imine (C=N–C) groups is 1. The van der Waals surface area contributed by atoms with Gasteiger partial charge in [0, 0.05) is 58.1 Å². The largest absolute Gasteiger partial charge is 0.497 e. The van der Waals surface area contributed by atoms with Gasteiger partial charge in [-0.25, -0.2) is 0 Å². The van der Waals surface area contributed by atoms with Gasteiger partial charge in [0.15, 0.2) is 5.96 Å². The first kappa shape index (κ1) is 26.0. The minimum Gasteiger partial charge on any atom is -0.497 e. The highest BCUT2D eigenvalue weighted by Gasteiger charge is 2.22. The van der Waals surface area contributed by atoms with Crippen LogP contribution in [0.3, 0.4) is 0 Å². The number of nitrogens with one attached hydrogen (secondary N) is 2. The minimum absolute atomic E-state index is 0. The molecule has 7 nitrogen and oxygen atoms in total. The van der Waals surface area contributed by atoms with Gasteiger partial charge in [0.1, 0.15) is 5.75 Å². The molecule has 1 aromatic rings. The fourth-order valence-corrected chi connectivity index (χ4v) is 4.40. The molecule has 0 radical (unpaired) electrons. The van der Waals surface area contributed by atoms with Crippen molar-refractivity contribution in [1.82, 2.24) is 15.5 Å². The molecule has 3 rings (SSSR count). The molecule has 0 spiro atoms. The number of ether oxygens (including phenoxy) is 2. The number of likely N-dealkylation sites (tertiary alicyclic amines) is 1. The Kier molecular flexibility index (Phi) is 11.7. The maximum atomic E-state index is 5.39. The Morgan fingerprint density at radius 2 is 1.97 bits per heavy atom. The van der Waals surface area contributed by atoms with Gasteiger partial charge in [-0.3, -0.25) is 4.99 Å². The summed E-state index contributed by atoms with van der Waals surface area (Å²) in [7, 11) is 5.36. The lowest BCUT2D eigenvalue weighted by molar-refractivity contribution is 0.121. The minimum atomic E-state index is 0. The topological polar surface area (TPSA) is 61.4 Å². The first-order valence-electron chi connectivity index (χ1n) is 11.3. The van der Waals surface area contributed by atoms with Gasteiger partial charge in [-0.2, -0.15) is 0 Å². The summed E-state index contributed by atoms with van der Waals surface area (Å²) in [5.74, 6) is 2.55. The second-order valence-electron chi connectivity index (χ2n) is 8.36. The van der Waals surface area contributed by atoms with Gasteiger partial charge in [0.05, 0.1) is 13.7 Å². The van der Waals surface area contributed by atoms with E-state index in [9.17, 15) is 0 Å². The zero-order valence-electron chi connectivity index (χ0n) is 19.3. The summed E-state index contributed by atoms with van der Waals surface area (Å²) in [6, 6.07) is 8.74. The van der Waals surface area contributed by atoms with E-state index in [1.165, 1.54) is 44.5 Å². The summed E-state index contributed by atoms with van der Waals surface area (Å²) >= 11 is 0. The molecule has 1 unspecified atom stereocenters. The van der Waals surface area contributed by atoms with Crippen molar-refractivity contribution in [2.45, 2.75) is 31.7 Å². The average molecular weight is 546 g/mol. The van der Waals surface area contributed by atoms with Crippen molar-refractivity contribution < 1.29 is 9.47 Å². The zero-order valence-corrected chi connectivity index (χ0v) is 21.6. The first-order valence-corrected chi connectivity index (χ1v) is 11.3. The first-order chi connectivity index (χ1) is 14.7. The van der Waals surface area contributed by atoms with E-state index in [4.69, 9.17) is 9.47 Å². The van der Waals surface area contributed by atoms with E-state index in [0.29, 0.717) is 12.0 Å². The van der Waals surface area contributed by atoms with E-state index in [-0.39, 0.29) is 24.0 Å². The van der Waals surface area contributed by atoms with Crippen molar-refractivity contribution in [2.75, 3.05) is 72.0 Å². The van der Waals surface area contributed by atoms with E-state index in [1.807, 2.05) is 13.1 Å². The van der Waals surface area contributed by atoms with E-state index < -0.39 is 0 Å². The Bertz CT molecular complexity index is 667. The molecule has 0 aliphatic carbocycles. The molecule has 2 N–H and O–H groups in total. The van der Waals surface area contributed by atoms with E-state index in [0.717, 1.165) is 44.5 Å². The maximum absolute atomic E-state index is 5.39. The van der Waals surface area contributed by atoms with Crippen molar-refractivity contribution in [2.24, 2.45) is 10.9 Å². The molecule has 2 saturated heterocycles. The van der Waals surface area contributed by atoms with Gasteiger partial charge in [-0.05, 0) is 56.8 Å². The summed E-state index contributed by atoms with van der Waals surface area (Å²) in [6.45, 7) is 7.26. The van der Waals surface area contributed by atoms with Crippen LogP contribution in [0.5, 0.6) is 5.75 Å². The monoisotopic (exact) mass is 545 g/mol. The Hall–Kier alpha value is -1.26. The number of guanidine groups is 1. The van der Waals surface area contributed by atoms with Crippen LogP contribution in [0.4, 0.5) is 5.69 Å². The molecule has 0 amide bonds. The van der Waals surface area contributed by atoms with Crippen LogP contribution in [-0.4, -0.2) is 84.0 Å². The Morgan fingerprint density at radius 1 is 1.16 bits per heavy atom. The summed E-state index contributed by atoms with van der Waals surface area (Å²) in [5, 5.41) is 7.22. The number of benzene rings is 1. The summed E-state index contributed by atoms with van der Waals surface area (Å²) in [6.07, 6.45) is 4.81. The smallest absolute Gasteiger partial charge is 0.191 e. The van der Waals surface area contributed by atoms with Crippen molar-refractivity contribution >= 4 is 35.6 Å². The van der Waals surface area contributed by atoms with Gasteiger partial charge < -0.3 is 29.9 Å². The maximum Gasteiger partial charge on any atom is 0.191 e. The summed E-state index contributed by atoms with van der Waals surface area (Å²) in [5.41, 5.74) is 1.23. The van der Waals surface area contributed by atoms with Crippen LogP contribution in [-0.2, 0) is 4.74 Å².